The number of para-hydroxylation sites is 1. The van der Waals surface area contributed by atoms with Crippen molar-refractivity contribution >= 4 is 21.7 Å². The van der Waals surface area contributed by atoms with E-state index in [0.29, 0.717) is 6.42 Å². The van der Waals surface area contributed by atoms with Gasteiger partial charge in [-0.2, -0.15) is 0 Å². The lowest BCUT2D eigenvalue weighted by Gasteiger charge is -2.06. The van der Waals surface area contributed by atoms with Crippen LogP contribution in [-0.2, 0) is 11.2 Å². The van der Waals surface area contributed by atoms with Crippen molar-refractivity contribution in [1.29, 1.82) is 0 Å². The van der Waals surface area contributed by atoms with Crippen molar-refractivity contribution in [2.75, 3.05) is 6.61 Å². The van der Waals surface area contributed by atoms with Crippen LogP contribution in [0.2, 0.25) is 0 Å². The van der Waals surface area contributed by atoms with Crippen LogP contribution >= 0.6 is 15.9 Å². The van der Waals surface area contributed by atoms with Crippen molar-refractivity contribution in [2.45, 2.75) is 6.42 Å². The Morgan fingerprint density at radius 2 is 1.67 bits per heavy atom. The molecule has 0 fully saturated rings. The van der Waals surface area contributed by atoms with Gasteiger partial charge in [-0.3, -0.25) is 4.79 Å². The molecule has 0 saturated heterocycles. The number of carbonyl (C=O) groups is 1. The van der Waals surface area contributed by atoms with E-state index in [1.165, 1.54) is 0 Å². The summed E-state index contributed by atoms with van der Waals surface area (Å²) in [6.45, 7) is 0.103. The average molecular weight is 305 g/mol. The normalized spacial score (nSPS) is 10.1. The summed E-state index contributed by atoms with van der Waals surface area (Å²) in [6.07, 6.45) is 0.383. The van der Waals surface area contributed by atoms with Crippen LogP contribution in [0.15, 0.2) is 59.1 Å². The number of halogens is 1. The zero-order chi connectivity index (χ0) is 12.8. The molecule has 0 bridgehead atoms. The summed E-state index contributed by atoms with van der Waals surface area (Å²) in [5.74, 6) is 0.781. The summed E-state index contributed by atoms with van der Waals surface area (Å²) in [5.41, 5.74) is 0.985. The molecule has 0 spiro atoms. The van der Waals surface area contributed by atoms with Crippen molar-refractivity contribution < 1.29 is 9.53 Å². The fourth-order valence-electron chi connectivity index (χ4n) is 1.59. The molecule has 0 saturated carbocycles. The van der Waals surface area contributed by atoms with E-state index in [1.54, 1.807) is 0 Å². The Balaban J connectivity index is 1.88. The first-order valence-electron chi connectivity index (χ1n) is 5.68. The highest BCUT2D eigenvalue weighted by Gasteiger charge is 2.07. The Morgan fingerprint density at radius 3 is 2.39 bits per heavy atom. The highest BCUT2D eigenvalue weighted by Crippen LogP contribution is 2.16. The molecule has 92 valence electrons. The molecule has 0 aliphatic rings. The zero-order valence-electron chi connectivity index (χ0n) is 9.80. The second kappa shape index (κ2) is 6.36. The summed E-state index contributed by atoms with van der Waals surface area (Å²) in [6, 6.07) is 17.1. The first-order valence-corrected chi connectivity index (χ1v) is 6.48. The van der Waals surface area contributed by atoms with Gasteiger partial charge in [-0.25, -0.2) is 0 Å². The molecular weight excluding hydrogens is 292 g/mol. The molecule has 0 aliphatic carbocycles. The van der Waals surface area contributed by atoms with Crippen molar-refractivity contribution in [3.05, 3.63) is 64.6 Å². The quantitative estimate of drug-likeness (QED) is 0.843. The molecule has 0 radical (unpaired) electrons. The van der Waals surface area contributed by atoms with Crippen molar-refractivity contribution in [2.24, 2.45) is 0 Å². The van der Waals surface area contributed by atoms with Gasteiger partial charge in [0.15, 0.2) is 5.78 Å². The Bertz CT molecular complexity index is 523. The molecule has 0 aromatic heterocycles. The minimum atomic E-state index is 0.0609. The molecular formula is C15H13BrO2. The Hall–Kier alpha value is -1.61. The number of hydrogen-bond acceptors (Lipinski definition) is 2. The number of hydrogen-bond donors (Lipinski definition) is 0. The van der Waals surface area contributed by atoms with Gasteiger partial charge in [-0.1, -0.05) is 52.3 Å². The van der Waals surface area contributed by atoms with Gasteiger partial charge >= 0.3 is 0 Å². The Morgan fingerprint density at radius 1 is 1.00 bits per heavy atom. The van der Waals surface area contributed by atoms with Crippen LogP contribution in [0.4, 0.5) is 0 Å². The lowest BCUT2D eigenvalue weighted by atomic mass is 10.1. The predicted molar refractivity (Wildman–Crippen MR) is 74.8 cm³/mol. The van der Waals surface area contributed by atoms with Gasteiger partial charge in [0, 0.05) is 10.9 Å². The van der Waals surface area contributed by atoms with E-state index < -0.39 is 0 Å². The molecule has 2 nitrogen and oxygen atoms in total. The van der Waals surface area contributed by atoms with E-state index in [2.05, 4.69) is 15.9 Å². The van der Waals surface area contributed by atoms with Gasteiger partial charge < -0.3 is 4.74 Å². The molecule has 0 unspecified atom stereocenters. The molecule has 0 atom stereocenters. The van der Waals surface area contributed by atoms with Crippen molar-refractivity contribution in [3.8, 4) is 5.75 Å². The summed E-state index contributed by atoms with van der Waals surface area (Å²) in [5, 5.41) is 0. The van der Waals surface area contributed by atoms with Crippen LogP contribution in [0.1, 0.15) is 5.56 Å². The highest BCUT2D eigenvalue weighted by molar-refractivity contribution is 9.10. The van der Waals surface area contributed by atoms with Crippen molar-refractivity contribution in [3.63, 3.8) is 0 Å². The maximum atomic E-state index is 11.8. The minimum Gasteiger partial charge on any atom is -0.486 e. The van der Waals surface area contributed by atoms with Gasteiger partial charge in [0.05, 0.1) is 0 Å². The summed E-state index contributed by atoms with van der Waals surface area (Å²) in [4.78, 5) is 11.8. The Kier molecular flexibility index (Phi) is 4.53. The maximum Gasteiger partial charge on any atom is 0.174 e. The van der Waals surface area contributed by atoms with Crippen LogP contribution < -0.4 is 4.74 Å². The largest absolute Gasteiger partial charge is 0.486 e. The third-order valence-electron chi connectivity index (χ3n) is 2.49. The number of ether oxygens (including phenoxy) is 1. The van der Waals surface area contributed by atoms with Gasteiger partial charge in [0.1, 0.15) is 12.4 Å². The molecule has 3 heteroatoms. The molecule has 0 heterocycles. The van der Waals surface area contributed by atoms with Crippen molar-refractivity contribution in [1.82, 2.24) is 0 Å². The van der Waals surface area contributed by atoms with E-state index >= 15 is 0 Å². The highest BCUT2D eigenvalue weighted by atomic mass is 79.9. The molecule has 18 heavy (non-hydrogen) atoms. The first kappa shape index (κ1) is 12.8. The van der Waals surface area contributed by atoms with E-state index in [0.717, 1.165) is 15.8 Å². The molecule has 2 aromatic carbocycles. The molecule has 2 aromatic rings. The number of rotatable bonds is 5. The maximum absolute atomic E-state index is 11.8. The third kappa shape index (κ3) is 3.70. The number of ketones is 1. The SMILES string of the molecule is O=C(COc1ccccc1)Cc1ccccc1Br. The molecule has 0 amide bonds. The van der Waals surface area contributed by atoms with Gasteiger partial charge in [-0.05, 0) is 23.8 Å². The molecule has 2 rings (SSSR count). The van der Waals surface area contributed by atoms with Gasteiger partial charge in [0.25, 0.3) is 0 Å². The third-order valence-corrected chi connectivity index (χ3v) is 3.26. The fourth-order valence-corrected chi connectivity index (χ4v) is 2.01. The zero-order valence-corrected chi connectivity index (χ0v) is 11.4. The second-order valence-corrected chi connectivity index (χ2v) is 4.76. The minimum absolute atomic E-state index is 0.0609. The predicted octanol–water partition coefficient (Wildman–Crippen LogP) is 3.64. The van der Waals surface area contributed by atoms with Crippen LogP contribution in [0, 0.1) is 0 Å². The van der Waals surface area contributed by atoms with Crippen LogP contribution in [-0.4, -0.2) is 12.4 Å². The van der Waals surface area contributed by atoms with E-state index in [4.69, 9.17) is 4.74 Å². The first-order chi connectivity index (χ1) is 8.75. The lowest BCUT2D eigenvalue weighted by Crippen LogP contribution is -2.14. The average Bonchev–Trinajstić information content (AvgIpc) is 2.40. The van der Waals surface area contributed by atoms with E-state index in [9.17, 15) is 4.79 Å². The number of Topliss-reactive ketones (excluding diaryl/α,β-unsaturated/α-hetero) is 1. The van der Waals surface area contributed by atoms with Gasteiger partial charge in [0.2, 0.25) is 0 Å². The van der Waals surface area contributed by atoms with E-state index in [-0.39, 0.29) is 12.4 Å². The van der Waals surface area contributed by atoms with Crippen LogP contribution in [0.25, 0.3) is 0 Å². The molecule has 0 aliphatic heterocycles. The lowest BCUT2D eigenvalue weighted by molar-refractivity contribution is -0.120. The summed E-state index contributed by atoms with van der Waals surface area (Å²) in [7, 11) is 0. The van der Waals surface area contributed by atoms with E-state index in [1.807, 2.05) is 54.6 Å². The standard InChI is InChI=1S/C15H13BrO2/c16-15-9-5-4-6-12(15)10-13(17)11-18-14-7-2-1-3-8-14/h1-9H,10-11H2. The molecule has 0 N–H and O–H groups in total. The summed E-state index contributed by atoms with van der Waals surface area (Å²) < 4.78 is 6.37. The van der Waals surface area contributed by atoms with Gasteiger partial charge in [-0.15, -0.1) is 0 Å². The van der Waals surface area contributed by atoms with Crippen LogP contribution in [0.5, 0.6) is 5.75 Å². The summed E-state index contributed by atoms with van der Waals surface area (Å²) >= 11 is 3.43. The second-order valence-electron chi connectivity index (χ2n) is 3.91. The monoisotopic (exact) mass is 304 g/mol. The van der Waals surface area contributed by atoms with Crippen LogP contribution in [0.3, 0.4) is 0 Å². The topological polar surface area (TPSA) is 26.3 Å². The fraction of sp³-hybridized carbons (Fsp3) is 0.133. The smallest absolute Gasteiger partial charge is 0.174 e. The number of carbonyl (C=O) groups excluding carboxylic acids is 1. The Labute approximate surface area is 115 Å². The number of benzene rings is 2.